The van der Waals surface area contributed by atoms with Crippen LogP contribution in [0.15, 0.2) is 36.5 Å². The molecule has 0 aliphatic carbocycles. The third-order valence-corrected chi connectivity index (χ3v) is 18.4. The van der Waals surface area contributed by atoms with E-state index in [-0.39, 0.29) is 18.5 Å². The number of unbranched alkanes of at least 4 members (excludes halogenated alkanes) is 57. The second kappa shape index (κ2) is 75.5. The van der Waals surface area contributed by atoms with Crippen LogP contribution < -0.4 is 5.32 Å². The Labute approximate surface area is 538 Å². The summed E-state index contributed by atoms with van der Waals surface area (Å²) in [5, 5.41) is 23.5. The van der Waals surface area contributed by atoms with E-state index in [1.165, 1.54) is 353 Å². The van der Waals surface area contributed by atoms with Gasteiger partial charge in [0.2, 0.25) is 5.91 Å². The van der Waals surface area contributed by atoms with E-state index >= 15 is 0 Å². The van der Waals surface area contributed by atoms with Crippen molar-refractivity contribution in [3.05, 3.63) is 36.5 Å². The zero-order chi connectivity index (χ0) is 62.0. The van der Waals surface area contributed by atoms with Crippen molar-refractivity contribution < 1.29 is 24.5 Å². The number of esters is 1. The summed E-state index contributed by atoms with van der Waals surface area (Å²) < 4.78 is 5.50. The third-order valence-electron chi connectivity index (χ3n) is 18.4. The summed E-state index contributed by atoms with van der Waals surface area (Å²) in [5.74, 6) is -0.0184. The molecule has 2 atom stereocenters. The summed E-state index contributed by atoms with van der Waals surface area (Å²) in [4.78, 5) is 24.7. The van der Waals surface area contributed by atoms with Crippen molar-refractivity contribution >= 4 is 11.9 Å². The molecule has 0 spiro atoms. The average Bonchev–Trinajstić information content (AvgIpc) is 3.56. The number of hydrogen-bond acceptors (Lipinski definition) is 5. The van der Waals surface area contributed by atoms with Gasteiger partial charge >= 0.3 is 5.97 Å². The number of aliphatic hydroxyl groups excluding tert-OH is 2. The molecule has 0 radical (unpaired) electrons. The van der Waals surface area contributed by atoms with E-state index in [0.717, 1.165) is 51.4 Å². The number of rotatable bonds is 74. The van der Waals surface area contributed by atoms with Crippen molar-refractivity contribution in [1.82, 2.24) is 5.32 Å². The average molecular weight is 1210 g/mol. The molecule has 6 nitrogen and oxygen atoms in total. The summed E-state index contributed by atoms with van der Waals surface area (Å²) in [6.45, 7) is 4.97. The first-order valence-corrected chi connectivity index (χ1v) is 39.2. The molecule has 0 saturated carbocycles. The zero-order valence-electron chi connectivity index (χ0n) is 58.3. The number of aliphatic hydroxyl groups is 2. The van der Waals surface area contributed by atoms with Gasteiger partial charge in [-0.1, -0.05) is 378 Å². The van der Waals surface area contributed by atoms with Crippen molar-refractivity contribution in [2.24, 2.45) is 0 Å². The molecule has 0 aromatic carbocycles. The molecule has 0 fully saturated rings. The Morgan fingerprint density at radius 1 is 0.326 bits per heavy atom. The lowest BCUT2D eigenvalue weighted by Gasteiger charge is -2.22. The Morgan fingerprint density at radius 2 is 0.581 bits per heavy atom. The molecule has 86 heavy (non-hydrogen) atoms. The zero-order valence-corrected chi connectivity index (χ0v) is 58.3. The number of carbonyl (C=O) groups excluding carboxylic acids is 2. The van der Waals surface area contributed by atoms with Gasteiger partial charge in [-0.25, -0.2) is 0 Å². The van der Waals surface area contributed by atoms with Gasteiger partial charge in [0.05, 0.1) is 25.4 Å². The second-order valence-electron chi connectivity index (χ2n) is 27.0. The Hall–Kier alpha value is -1.92. The molecule has 0 aromatic rings. The van der Waals surface area contributed by atoms with Crippen LogP contribution in [0.3, 0.4) is 0 Å². The highest BCUT2D eigenvalue weighted by molar-refractivity contribution is 5.76. The van der Waals surface area contributed by atoms with E-state index in [2.05, 4.69) is 55.6 Å². The second-order valence-corrected chi connectivity index (χ2v) is 27.0. The summed E-state index contributed by atoms with van der Waals surface area (Å²) >= 11 is 0. The largest absolute Gasteiger partial charge is 0.466 e. The van der Waals surface area contributed by atoms with Crippen LogP contribution in [0.25, 0.3) is 0 Å². The Kier molecular flexibility index (Phi) is 73.9. The van der Waals surface area contributed by atoms with Crippen LogP contribution in [0.1, 0.15) is 438 Å². The van der Waals surface area contributed by atoms with Crippen molar-refractivity contribution in [2.45, 2.75) is 450 Å². The van der Waals surface area contributed by atoms with Crippen molar-refractivity contribution in [1.29, 1.82) is 0 Å². The normalized spacial score (nSPS) is 12.7. The van der Waals surface area contributed by atoms with Crippen molar-refractivity contribution in [2.75, 3.05) is 13.2 Å². The molecule has 0 saturated heterocycles. The van der Waals surface area contributed by atoms with E-state index in [9.17, 15) is 19.8 Å². The fourth-order valence-corrected chi connectivity index (χ4v) is 12.4. The first kappa shape index (κ1) is 84.1. The SMILES string of the molecule is CCCCC/C=C\C/C=C\CCCCCCCCCC(=O)OCCCCCCCCCCCCCC/C=C\CCCCCCCCCCCCCCCCC(=O)NC(CO)C(O)CCCCCCCCCCCCCCCCCCCCCCCC. The molecular weight excluding hydrogens is 1050 g/mol. The van der Waals surface area contributed by atoms with E-state index in [1.807, 2.05) is 0 Å². The predicted molar refractivity (Wildman–Crippen MR) is 379 cm³/mol. The fraction of sp³-hybridized carbons (Fsp3) is 0.900. The van der Waals surface area contributed by atoms with Gasteiger partial charge < -0.3 is 20.3 Å². The van der Waals surface area contributed by atoms with E-state index in [1.54, 1.807) is 0 Å². The summed E-state index contributed by atoms with van der Waals surface area (Å²) in [5.41, 5.74) is 0. The minimum atomic E-state index is -0.665. The first-order chi connectivity index (χ1) is 42.5. The molecule has 0 heterocycles. The molecule has 1 amide bonds. The maximum absolute atomic E-state index is 12.6. The molecule has 6 heteroatoms. The topological polar surface area (TPSA) is 95.9 Å². The number of hydrogen-bond donors (Lipinski definition) is 3. The number of amides is 1. The molecule has 3 N–H and O–H groups in total. The van der Waals surface area contributed by atoms with Crippen LogP contribution in [0.5, 0.6) is 0 Å². The first-order valence-electron chi connectivity index (χ1n) is 39.2. The third kappa shape index (κ3) is 71.2. The summed E-state index contributed by atoms with van der Waals surface area (Å²) in [7, 11) is 0. The highest BCUT2D eigenvalue weighted by Crippen LogP contribution is 2.20. The maximum atomic E-state index is 12.6. The standard InChI is InChI=1S/C80H153NO5/c1-3-5-7-9-11-13-15-17-19-21-22-23-34-37-41-44-48-52-56-60-64-68-72-78(83)77(76-82)81-79(84)73-69-65-61-57-53-49-45-42-38-35-32-30-28-26-24-25-27-29-31-33-36-39-43-47-51-55-59-63-67-71-75-86-80(85)74-70-66-62-58-54-50-46-40-20-18-16-14-12-10-8-6-4-2/h12,14,18,20,25,27,77-78,82-83H,3-11,13,15-17,19,21-24,26,28-76H2,1-2H3,(H,81,84)/b14-12-,20-18-,27-25-. The van der Waals surface area contributed by atoms with Crippen LogP contribution in [-0.4, -0.2) is 47.4 Å². The van der Waals surface area contributed by atoms with Crippen LogP contribution in [0, 0.1) is 0 Å². The van der Waals surface area contributed by atoms with E-state index in [0.29, 0.717) is 25.9 Å². The van der Waals surface area contributed by atoms with Gasteiger partial charge in [0.15, 0.2) is 0 Å². The van der Waals surface area contributed by atoms with Gasteiger partial charge in [-0.15, -0.1) is 0 Å². The Balaban J connectivity index is 3.37. The molecule has 2 unspecified atom stereocenters. The number of allylic oxidation sites excluding steroid dienone is 6. The van der Waals surface area contributed by atoms with Gasteiger partial charge in [-0.05, 0) is 83.5 Å². The van der Waals surface area contributed by atoms with Crippen molar-refractivity contribution in [3.63, 3.8) is 0 Å². The molecule has 508 valence electrons. The molecule has 0 aliphatic heterocycles. The fourth-order valence-electron chi connectivity index (χ4n) is 12.4. The van der Waals surface area contributed by atoms with Gasteiger partial charge in [-0.2, -0.15) is 0 Å². The van der Waals surface area contributed by atoms with Gasteiger partial charge in [0, 0.05) is 12.8 Å². The lowest BCUT2D eigenvalue weighted by atomic mass is 10.0. The van der Waals surface area contributed by atoms with Crippen molar-refractivity contribution in [3.8, 4) is 0 Å². The maximum Gasteiger partial charge on any atom is 0.305 e. The number of nitrogens with one attached hydrogen (secondary N) is 1. The molecule has 0 aliphatic rings. The predicted octanol–water partition coefficient (Wildman–Crippen LogP) is 25.8. The molecule has 0 bridgehead atoms. The van der Waals surface area contributed by atoms with Gasteiger partial charge in [0.25, 0.3) is 0 Å². The van der Waals surface area contributed by atoms with Crippen LogP contribution in [0.4, 0.5) is 0 Å². The smallest absolute Gasteiger partial charge is 0.305 e. The lowest BCUT2D eigenvalue weighted by Crippen LogP contribution is -2.45. The van der Waals surface area contributed by atoms with Gasteiger partial charge in [-0.3, -0.25) is 9.59 Å². The number of carbonyl (C=O) groups is 2. The minimum Gasteiger partial charge on any atom is -0.466 e. The molecule has 0 aromatic heterocycles. The molecular formula is C80H153NO5. The van der Waals surface area contributed by atoms with E-state index < -0.39 is 12.1 Å². The highest BCUT2D eigenvalue weighted by Gasteiger charge is 2.20. The monoisotopic (exact) mass is 1210 g/mol. The summed E-state index contributed by atoms with van der Waals surface area (Å²) in [6, 6.07) is -0.542. The van der Waals surface area contributed by atoms with E-state index in [4.69, 9.17) is 4.74 Å². The quantitative estimate of drug-likeness (QED) is 0.0320. The van der Waals surface area contributed by atoms with Crippen LogP contribution in [0.2, 0.25) is 0 Å². The number of ether oxygens (including phenoxy) is 1. The molecule has 0 rings (SSSR count). The summed E-state index contributed by atoms with van der Waals surface area (Å²) in [6.07, 6.45) is 98.0. The van der Waals surface area contributed by atoms with Gasteiger partial charge in [0.1, 0.15) is 0 Å². The minimum absolute atomic E-state index is 0.0101. The highest BCUT2D eigenvalue weighted by atomic mass is 16.5. The van der Waals surface area contributed by atoms with Crippen LogP contribution >= 0.6 is 0 Å². The Morgan fingerprint density at radius 3 is 0.919 bits per heavy atom. The van der Waals surface area contributed by atoms with Crippen LogP contribution in [-0.2, 0) is 14.3 Å². The Bertz CT molecular complexity index is 1390. The lowest BCUT2D eigenvalue weighted by molar-refractivity contribution is -0.143.